The van der Waals surface area contributed by atoms with E-state index in [4.69, 9.17) is 4.74 Å². The fourth-order valence-electron chi connectivity index (χ4n) is 5.06. The van der Waals surface area contributed by atoms with Crippen LogP contribution < -0.4 is 20.7 Å². The van der Waals surface area contributed by atoms with Gasteiger partial charge in [0, 0.05) is 27.1 Å². The summed E-state index contributed by atoms with van der Waals surface area (Å²) in [4.78, 5) is 45.9. The van der Waals surface area contributed by atoms with Crippen LogP contribution in [0.25, 0.3) is 17.3 Å². The number of anilines is 2. The zero-order valence-electron chi connectivity index (χ0n) is 27.6. The van der Waals surface area contributed by atoms with E-state index in [9.17, 15) is 14.4 Å². The molecule has 1 heterocycles. The highest BCUT2D eigenvalue weighted by Crippen LogP contribution is 2.38. The zero-order chi connectivity index (χ0) is 35.4. The lowest BCUT2D eigenvalue weighted by atomic mass is 10.1. The molecule has 1 atom stereocenters. The van der Waals surface area contributed by atoms with Crippen molar-refractivity contribution in [1.29, 1.82) is 0 Å². The molecule has 8 nitrogen and oxygen atoms in total. The molecule has 6 aromatic rings. The molecule has 51 heavy (non-hydrogen) atoms. The Morgan fingerprint density at radius 2 is 1.49 bits per heavy atom. The summed E-state index contributed by atoms with van der Waals surface area (Å²) >= 11 is 2.71. The molecule has 0 saturated carbocycles. The molecule has 0 aliphatic heterocycles. The summed E-state index contributed by atoms with van der Waals surface area (Å²) in [6.45, 7) is 2.53. The summed E-state index contributed by atoms with van der Waals surface area (Å²) in [5.41, 5.74) is 4.26. The van der Waals surface area contributed by atoms with Gasteiger partial charge in [-0.3, -0.25) is 14.4 Å². The number of carbonyl (C=O) groups is 3. The van der Waals surface area contributed by atoms with Gasteiger partial charge in [0.15, 0.2) is 5.13 Å². The largest absolute Gasteiger partial charge is 0.494 e. The number of hydrogen-bond acceptors (Lipinski definition) is 7. The third-order valence-corrected chi connectivity index (χ3v) is 9.53. The van der Waals surface area contributed by atoms with Gasteiger partial charge < -0.3 is 20.7 Å². The normalized spacial score (nSPS) is 11.7. The number of nitrogens with one attached hydrogen (secondary N) is 3. The predicted octanol–water partition coefficient (Wildman–Crippen LogP) is 9.09. The van der Waals surface area contributed by atoms with Crippen molar-refractivity contribution in [1.82, 2.24) is 10.3 Å². The molecule has 0 fully saturated rings. The van der Waals surface area contributed by atoms with Gasteiger partial charge in [-0.25, -0.2) is 4.98 Å². The first kappa shape index (κ1) is 34.9. The molecule has 0 spiro atoms. The molecule has 5 aromatic carbocycles. The van der Waals surface area contributed by atoms with Gasteiger partial charge >= 0.3 is 0 Å². The van der Waals surface area contributed by atoms with Gasteiger partial charge in [0.2, 0.25) is 5.91 Å². The standard InChI is InChI=1S/C41H34N4O4S2/c1-2-49-33-23-21-29(22-24-33)36-27-50-41(44-36)45-40(48)37(30-15-8-4-9-16-30)51-34-20-12-19-32(26-34)42-39(47)35(25-28-13-6-3-7-14-28)43-38(46)31-17-10-5-11-18-31/h3-27,37H,2H2,1H3,(H,42,47)(H,43,46)(H,44,45,48)/b35-25-. The molecule has 0 aliphatic rings. The SMILES string of the molecule is CCOc1ccc(-c2csc(NC(=O)C(Sc3cccc(NC(=O)/C(=C/c4ccccc4)NC(=O)c4ccccc4)c3)c3ccccc3)n2)cc1. The number of carbonyl (C=O) groups excluding carboxylic acids is 3. The first-order valence-electron chi connectivity index (χ1n) is 16.2. The fourth-order valence-corrected chi connectivity index (χ4v) is 6.87. The first-order valence-corrected chi connectivity index (χ1v) is 18.0. The van der Waals surface area contributed by atoms with Crippen molar-refractivity contribution in [3.63, 3.8) is 0 Å². The summed E-state index contributed by atoms with van der Waals surface area (Å²) in [5, 5.41) is 10.5. The Morgan fingerprint density at radius 3 is 2.20 bits per heavy atom. The van der Waals surface area contributed by atoms with Crippen LogP contribution in [0.1, 0.15) is 33.7 Å². The molecule has 1 aromatic heterocycles. The van der Waals surface area contributed by atoms with E-state index in [2.05, 4.69) is 20.9 Å². The average molecular weight is 711 g/mol. The second-order valence-electron chi connectivity index (χ2n) is 11.2. The van der Waals surface area contributed by atoms with Crippen LogP contribution >= 0.6 is 23.1 Å². The first-order chi connectivity index (χ1) is 24.9. The number of ether oxygens (including phenoxy) is 1. The molecule has 0 saturated heterocycles. The van der Waals surface area contributed by atoms with Crippen LogP contribution in [-0.2, 0) is 9.59 Å². The molecule has 0 aliphatic carbocycles. The van der Waals surface area contributed by atoms with Crippen molar-refractivity contribution in [2.75, 3.05) is 17.2 Å². The van der Waals surface area contributed by atoms with Gasteiger partial charge in [0.05, 0.1) is 12.3 Å². The van der Waals surface area contributed by atoms with Crippen molar-refractivity contribution < 1.29 is 19.1 Å². The molecule has 10 heteroatoms. The Morgan fingerprint density at radius 1 is 0.804 bits per heavy atom. The molecule has 6 rings (SSSR count). The third kappa shape index (κ3) is 9.60. The van der Waals surface area contributed by atoms with E-state index in [-0.39, 0.29) is 11.6 Å². The maximum Gasteiger partial charge on any atom is 0.272 e. The predicted molar refractivity (Wildman–Crippen MR) is 206 cm³/mol. The van der Waals surface area contributed by atoms with Gasteiger partial charge in [-0.2, -0.15) is 0 Å². The van der Waals surface area contributed by atoms with Crippen LogP contribution in [0.4, 0.5) is 10.8 Å². The maximum absolute atomic E-state index is 13.8. The Kier molecular flexibility index (Phi) is 11.7. The minimum Gasteiger partial charge on any atom is -0.494 e. The molecule has 1 unspecified atom stereocenters. The topological polar surface area (TPSA) is 109 Å². The number of hydrogen-bond donors (Lipinski definition) is 3. The number of amides is 3. The lowest BCUT2D eigenvalue weighted by Gasteiger charge is -2.17. The van der Waals surface area contributed by atoms with Crippen LogP contribution in [-0.4, -0.2) is 29.3 Å². The quantitative estimate of drug-likeness (QED) is 0.0815. The van der Waals surface area contributed by atoms with Crippen LogP contribution in [0.2, 0.25) is 0 Å². The van der Waals surface area contributed by atoms with E-state index in [0.29, 0.717) is 23.0 Å². The van der Waals surface area contributed by atoms with Gasteiger partial charge in [-0.15, -0.1) is 23.1 Å². The van der Waals surface area contributed by atoms with Gasteiger partial charge in [0.25, 0.3) is 11.8 Å². The smallest absolute Gasteiger partial charge is 0.272 e. The van der Waals surface area contributed by atoms with Crippen LogP contribution in [0.3, 0.4) is 0 Å². The maximum atomic E-state index is 13.8. The zero-order valence-corrected chi connectivity index (χ0v) is 29.2. The Balaban J connectivity index is 1.19. The van der Waals surface area contributed by atoms with E-state index >= 15 is 0 Å². The Bertz CT molecular complexity index is 2120. The van der Waals surface area contributed by atoms with E-state index in [1.807, 2.05) is 115 Å². The molecule has 254 valence electrons. The van der Waals surface area contributed by atoms with Gasteiger partial charge in [-0.1, -0.05) is 84.9 Å². The number of rotatable bonds is 13. The highest BCUT2D eigenvalue weighted by Gasteiger charge is 2.24. The van der Waals surface area contributed by atoms with E-state index in [1.165, 1.54) is 23.1 Å². The third-order valence-electron chi connectivity index (χ3n) is 7.52. The number of benzene rings is 5. The molecule has 0 radical (unpaired) electrons. The minimum absolute atomic E-state index is 0.0858. The number of thiazole rings is 1. The summed E-state index contributed by atoms with van der Waals surface area (Å²) in [6.07, 6.45) is 1.63. The van der Waals surface area contributed by atoms with E-state index in [1.54, 1.807) is 42.5 Å². The molecular formula is C41H34N4O4S2. The van der Waals surface area contributed by atoms with Crippen molar-refractivity contribution in [2.24, 2.45) is 0 Å². The van der Waals surface area contributed by atoms with Crippen LogP contribution in [0, 0.1) is 0 Å². The van der Waals surface area contributed by atoms with Crippen molar-refractivity contribution in [2.45, 2.75) is 17.1 Å². The summed E-state index contributed by atoms with van der Waals surface area (Å²) in [7, 11) is 0. The molecule has 3 amide bonds. The van der Waals surface area contributed by atoms with Gasteiger partial charge in [-0.05, 0) is 78.7 Å². The molecule has 3 N–H and O–H groups in total. The van der Waals surface area contributed by atoms with Gasteiger partial charge in [0.1, 0.15) is 16.7 Å². The van der Waals surface area contributed by atoms with E-state index < -0.39 is 17.1 Å². The van der Waals surface area contributed by atoms with E-state index in [0.717, 1.165) is 33.0 Å². The highest BCUT2D eigenvalue weighted by molar-refractivity contribution is 8.00. The number of thioether (sulfide) groups is 1. The van der Waals surface area contributed by atoms with Crippen molar-refractivity contribution >= 4 is 57.7 Å². The molecular weight excluding hydrogens is 677 g/mol. The van der Waals surface area contributed by atoms with Crippen molar-refractivity contribution in [3.05, 3.63) is 167 Å². The summed E-state index contributed by atoms with van der Waals surface area (Å²) < 4.78 is 5.54. The second-order valence-corrected chi connectivity index (χ2v) is 13.2. The number of nitrogens with zero attached hydrogens (tertiary/aromatic N) is 1. The minimum atomic E-state index is -0.617. The number of aromatic nitrogens is 1. The Hall–Kier alpha value is -5.97. The Labute approximate surface area is 304 Å². The monoisotopic (exact) mass is 710 g/mol. The van der Waals surface area contributed by atoms with Crippen LogP contribution in [0.5, 0.6) is 5.75 Å². The highest BCUT2D eigenvalue weighted by atomic mass is 32.2. The lowest BCUT2D eigenvalue weighted by Crippen LogP contribution is -2.30. The summed E-state index contributed by atoms with van der Waals surface area (Å²) in [5.74, 6) is -0.337. The summed E-state index contributed by atoms with van der Waals surface area (Å²) in [6, 6.07) is 42.4. The average Bonchev–Trinajstić information content (AvgIpc) is 3.63. The fraction of sp³-hybridized carbons (Fsp3) is 0.0732. The lowest BCUT2D eigenvalue weighted by molar-refractivity contribution is -0.116. The molecule has 0 bridgehead atoms. The van der Waals surface area contributed by atoms with Crippen molar-refractivity contribution in [3.8, 4) is 17.0 Å². The van der Waals surface area contributed by atoms with Crippen LogP contribution in [0.15, 0.2) is 155 Å². The second kappa shape index (κ2) is 17.1.